The van der Waals surface area contributed by atoms with Crippen LogP contribution >= 0.6 is 0 Å². The van der Waals surface area contributed by atoms with Gasteiger partial charge in [-0.3, -0.25) is 4.79 Å². The lowest BCUT2D eigenvalue weighted by Crippen LogP contribution is -2.41. The van der Waals surface area contributed by atoms with Crippen LogP contribution < -0.4 is 24.8 Å². The second kappa shape index (κ2) is 8.41. The van der Waals surface area contributed by atoms with Gasteiger partial charge in [0.05, 0.1) is 38.6 Å². The molecular formula is C26H32N2O4. The summed E-state index contributed by atoms with van der Waals surface area (Å²) in [4.78, 5) is 13.1. The van der Waals surface area contributed by atoms with Crippen LogP contribution in [0.4, 0.5) is 5.69 Å². The van der Waals surface area contributed by atoms with Crippen molar-refractivity contribution in [1.29, 1.82) is 0 Å². The summed E-state index contributed by atoms with van der Waals surface area (Å²) >= 11 is 0. The van der Waals surface area contributed by atoms with Gasteiger partial charge in [-0.1, -0.05) is 24.3 Å². The average Bonchev–Trinajstić information content (AvgIpc) is 3.26. The molecule has 2 aliphatic rings. The first-order valence-corrected chi connectivity index (χ1v) is 11.0. The molecule has 1 amide bonds. The quantitative estimate of drug-likeness (QED) is 0.641. The topological polar surface area (TPSA) is 68.8 Å². The Morgan fingerprint density at radius 1 is 1.06 bits per heavy atom. The van der Waals surface area contributed by atoms with E-state index in [9.17, 15) is 4.79 Å². The number of ether oxygens (including phenoxy) is 3. The molecule has 32 heavy (non-hydrogen) atoms. The van der Waals surface area contributed by atoms with E-state index in [2.05, 4.69) is 28.9 Å². The van der Waals surface area contributed by atoms with Crippen molar-refractivity contribution in [3.63, 3.8) is 0 Å². The Morgan fingerprint density at radius 2 is 1.75 bits per heavy atom. The van der Waals surface area contributed by atoms with Gasteiger partial charge in [-0.2, -0.15) is 0 Å². The first kappa shape index (κ1) is 22.1. The lowest BCUT2D eigenvalue weighted by atomic mass is 9.76. The van der Waals surface area contributed by atoms with Gasteiger partial charge in [0.15, 0.2) is 11.5 Å². The molecule has 1 aliphatic heterocycles. The van der Waals surface area contributed by atoms with Crippen LogP contribution in [0.15, 0.2) is 42.5 Å². The van der Waals surface area contributed by atoms with Gasteiger partial charge in [-0.25, -0.2) is 0 Å². The predicted octanol–water partition coefficient (Wildman–Crippen LogP) is 5.07. The SMILES string of the molecule is COc1cc(C2Nc3c(C(=O)NC(C)(C)C)cccc3C3C=CCC32)cc(OC)c1OC. The molecule has 2 aromatic rings. The Hall–Kier alpha value is -3.15. The highest BCUT2D eigenvalue weighted by atomic mass is 16.5. The van der Waals surface area contributed by atoms with Gasteiger partial charge in [0, 0.05) is 11.5 Å². The molecule has 0 fully saturated rings. The van der Waals surface area contributed by atoms with Gasteiger partial charge in [0.1, 0.15) is 0 Å². The number of carbonyl (C=O) groups excluding carboxylic acids is 1. The number of carbonyl (C=O) groups is 1. The molecule has 6 heteroatoms. The number of methoxy groups -OCH3 is 3. The Labute approximate surface area is 189 Å². The lowest BCUT2D eigenvalue weighted by molar-refractivity contribution is 0.0920. The highest BCUT2D eigenvalue weighted by molar-refractivity contribution is 6.01. The molecule has 1 heterocycles. The molecule has 0 radical (unpaired) electrons. The minimum absolute atomic E-state index is 0.0141. The molecular weight excluding hydrogens is 404 g/mol. The Kier molecular flexibility index (Phi) is 5.80. The fourth-order valence-corrected chi connectivity index (χ4v) is 4.83. The number of hydrogen-bond donors (Lipinski definition) is 2. The number of benzene rings is 2. The van der Waals surface area contributed by atoms with Crippen molar-refractivity contribution >= 4 is 11.6 Å². The molecule has 3 atom stereocenters. The van der Waals surface area contributed by atoms with Crippen molar-refractivity contribution in [3.05, 3.63) is 59.2 Å². The molecule has 6 nitrogen and oxygen atoms in total. The fraction of sp³-hybridized carbons (Fsp3) is 0.423. The van der Waals surface area contributed by atoms with E-state index in [0.29, 0.717) is 28.7 Å². The zero-order valence-corrected chi connectivity index (χ0v) is 19.6. The highest BCUT2D eigenvalue weighted by Gasteiger charge is 2.40. The van der Waals surface area contributed by atoms with Crippen LogP contribution in [-0.2, 0) is 0 Å². The normalized spacial score (nSPS) is 21.2. The number of para-hydroxylation sites is 1. The van der Waals surface area contributed by atoms with Gasteiger partial charge in [0.2, 0.25) is 5.75 Å². The summed E-state index contributed by atoms with van der Waals surface area (Å²) in [5.41, 5.74) is 3.43. The molecule has 170 valence electrons. The van der Waals surface area contributed by atoms with Gasteiger partial charge in [0.25, 0.3) is 5.91 Å². The van der Waals surface area contributed by atoms with E-state index in [1.165, 1.54) is 0 Å². The summed E-state index contributed by atoms with van der Waals surface area (Å²) < 4.78 is 16.7. The van der Waals surface area contributed by atoms with Crippen LogP contribution in [0.1, 0.15) is 60.6 Å². The maximum atomic E-state index is 13.1. The summed E-state index contributed by atoms with van der Waals surface area (Å²) in [6.45, 7) is 5.96. The summed E-state index contributed by atoms with van der Waals surface area (Å²) in [5.74, 6) is 2.29. The van der Waals surface area contributed by atoms with Gasteiger partial charge in [-0.05, 0) is 62.4 Å². The summed E-state index contributed by atoms with van der Waals surface area (Å²) in [6, 6.07) is 9.96. The van der Waals surface area contributed by atoms with Crippen LogP contribution in [0, 0.1) is 5.92 Å². The van der Waals surface area contributed by atoms with E-state index >= 15 is 0 Å². The second-order valence-electron chi connectivity index (χ2n) is 9.41. The van der Waals surface area contributed by atoms with Crippen LogP contribution in [-0.4, -0.2) is 32.8 Å². The fourth-order valence-electron chi connectivity index (χ4n) is 4.83. The van der Waals surface area contributed by atoms with Crippen molar-refractivity contribution in [3.8, 4) is 17.2 Å². The van der Waals surface area contributed by atoms with Gasteiger partial charge < -0.3 is 24.8 Å². The minimum atomic E-state index is -0.319. The average molecular weight is 437 g/mol. The van der Waals surface area contributed by atoms with E-state index in [1.54, 1.807) is 21.3 Å². The number of rotatable bonds is 5. The van der Waals surface area contributed by atoms with Crippen LogP contribution in [0.25, 0.3) is 0 Å². The number of fused-ring (bicyclic) bond motifs is 3. The maximum Gasteiger partial charge on any atom is 0.253 e. The summed E-state index contributed by atoms with van der Waals surface area (Å²) in [6.07, 6.45) is 5.45. The minimum Gasteiger partial charge on any atom is -0.493 e. The van der Waals surface area contributed by atoms with Crippen molar-refractivity contribution < 1.29 is 19.0 Å². The monoisotopic (exact) mass is 436 g/mol. The van der Waals surface area contributed by atoms with E-state index in [-0.39, 0.29) is 23.4 Å². The molecule has 0 saturated heterocycles. The standard InChI is InChI=1S/C26H32N2O4/c1-26(2,3)28-25(29)19-12-8-11-18-16-9-7-10-17(16)22(27-23(18)19)15-13-20(30-4)24(32-6)21(14-15)31-5/h7-9,11-14,16-17,22,27H,10H2,1-6H3,(H,28,29). The smallest absolute Gasteiger partial charge is 0.253 e. The third-order valence-electron chi connectivity index (χ3n) is 6.18. The maximum absolute atomic E-state index is 13.1. The second-order valence-corrected chi connectivity index (χ2v) is 9.41. The summed E-state index contributed by atoms with van der Waals surface area (Å²) in [5, 5.41) is 6.81. The summed E-state index contributed by atoms with van der Waals surface area (Å²) in [7, 11) is 4.85. The van der Waals surface area contributed by atoms with E-state index in [1.807, 2.05) is 45.0 Å². The van der Waals surface area contributed by atoms with Crippen molar-refractivity contribution in [2.24, 2.45) is 5.92 Å². The molecule has 0 aromatic heterocycles. The Bertz CT molecular complexity index is 1030. The molecule has 1 aliphatic carbocycles. The van der Waals surface area contributed by atoms with E-state index in [0.717, 1.165) is 23.2 Å². The van der Waals surface area contributed by atoms with Crippen molar-refractivity contribution in [2.45, 2.75) is 44.7 Å². The zero-order valence-electron chi connectivity index (χ0n) is 19.6. The van der Waals surface area contributed by atoms with Crippen LogP contribution in [0.5, 0.6) is 17.2 Å². The lowest BCUT2D eigenvalue weighted by Gasteiger charge is -2.38. The Morgan fingerprint density at radius 3 is 2.34 bits per heavy atom. The first-order valence-electron chi connectivity index (χ1n) is 11.0. The van der Waals surface area contributed by atoms with Crippen molar-refractivity contribution in [2.75, 3.05) is 26.6 Å². The van der Waals surface area contributed by atoms with E-state index in [4.69, 9.17) is 14.2 Å². The number of nitrogens with one attached hydrogen (secondary N) is 2. The molecule has 2 N–H and O–H groups in total. The number of hydrogen-bond acceptors (Lipinski definition) is 5. The van der Waals surface area contributed by atoms with E-state index < -0.39 is 0 Å². The molecule has 2 aromatic carbocycles. The predicted molar refractivity (Wildman–Crippen MR) is 126 cm³/mol. The molecule has 0 spiro atoms. The van der Waals surface area contributed by atoms with Gasteiger partial charge in [-0.15, -0.1) is 0 Å². The number of anilines is 1. The number of allylic oxidation sites excluding steroid dienone is 2. The van der Waals surface area contributed by atoms with Gasteiger partial charge >= 0.3 is 0 Å². The van der Waals surface area contributed by atoms with Crippen LogP contribution in [0.3, 0.4) is 0 Å². The largest absolute Gasteiger partial charge is 0.493 e. The van der Waals surface area contributed by atoms with Crippen LogP contribution in [0.2, 0.25) is 0 Å². The molecule has 4 rings (SSSR count). The first-order chi connectivity index (χ1) is 15.3. The number of amides is 1. The highest BCUT2D eigenvalue weighted by Crippen LogP contribution is 2.52. The third-order valence-corrected chi connectivity index (χ3v) is 6.18. The molecule has 0 bridgehead atoms. The third kappa shape index (κ3) is 3.90. The molecule has 3 unspecified atom stereocenters. The molecule has 0 saturated carbocycles. The van der Waals surface area contributed by atoms with Crippen molar-refractivity contribution in [1.82, 2.24) is 5.32 Å². The zero-order chi connectivity index (χ0) is 23.0. The Balaban J connectivity index is 1.80.